The molecule has 3 atom stereocenters. The molecule has 0 aliphatic rings. The summed E-state index contributed by atoms with van der Waals surface area (Å²) in [4.78, 5) is 44.5. The number of aliphatic hydroxyl groups is 2. The van der Waals surface area contributed by atoms with E-state index in [4.69, 9.17) is 26.2 Å². The molecule has 0 aromatic heterocycles. The first-order valence-corrected chi connectivity index (χ1v) is 5.75. The number of carboxylic acids is 2. The van der Waals surface area contributed by atoms with Gasteiger partial charge in [0.25, 0.3) is 0 Å². The van der Waals surface area contributed by atoms with Gasteiger partial charge < -0.3 is 36.8 Å². The Kier molecular flexibility index (Phi) is 7.89. The number of carbonyl (C=O) groups excluding carboxylic acids is 2. The van der Waals surface area contributed by atoms with Crippen molar-refractivity contribution in [3.05, 3.63) is 0 Å². The number of aliphatic carboxylic acids is 2. The van der Waals surface area contributed by atoms with Crippen molar-refractivity contribution in [2.24, 2.45) is 5.73 Å². The highest BCUT2D eigenvalue weighted by atomic mass is 16.4. The molecule has 0 saturated heterocycles. The standard InChI is InChI=1S/C10H17N3O8/c11-4(2-14)8(18)12-5(1-7(16)17)9(19)13-6(3-15)10(20)21/h4-6,14-15H,1-3,11H2,(H,12,18)(H,13,19)(H,16,17)(H,20,21)/t4-,5-,6-/m0/s1. The summed E-state index contributed by atoms with van der Waals surface area (Å²) in [5.41, 5.74) is 5.20. The summed E-state index contributed by atoms with van der Waals surface area (Å²) in [6, 6.07) is -4.60. The third-order valence-corrected chi connectivity index (χ3v) is 2.34. The molecule has 0 fully saturated rings. The molecule has 0 spiro atoms. The largest absolute Gasteiger partial charge is 0.481 e. The highest BCUT2D eigenvalue weighted by Gasteiger charge is 2.29. The van der Waals surface area contributed by atoms with Gasteiger partial charge in [0.1, 0.15) is 18.1 Å². The van der Waals surface area contributed by atoms with Gasteiger partial charge in [0, 0.05) is 0 Å². The molecule has 0 bridgehead atoms. The number of hydrogen-bond donors (Lipinski definition) is 7. The lowest BCUT2D eigenvalue weighted by atomic mass is 10.1. The van der Waals surface area contributed by atoms with E-state index in [0.29, 0.717) is 0 Å². The lowest BCUT2D eigenvalue weighted by Gasteiger charge is -2.20. The van der Waals surface area contributed by atoms with Crippen molar-refractivity contribution < 1.29 is 39.6 Å². The molecule has 0 aromatic rings. The molecular formula is C10H17N3O8. The quantitative estimate of drug-likeness (QED) is 0.221. The van der Waals surface area contributed by atoms with Gasteiger partial charge in [-0.05, 0) is 0 Å². The van der Waals surface area contributed by atoms with Gasteiger partial charge in [-0.1, -0.05) is 0 Å². The predicted molar refractivity (Wildman–Crippen MR) is 65.9 cm³/mol. The monoisotopic (exact) mass is 307 g/mol. The first-order chi connectivity index (χ1) is 9.72. The molecule has 8 N–H and O–H groups in total. The third-order valence-electron chi connectivity index (χ3n) is 2.34. The van der Waals surface area contributed by atoms with Crippen LogP contribution >= 0.6 is 0 Å². The van der Waals surface area contributed by atoms with Crippen LogP contribution in [-0.4, -0.2) is 75.5 Å². The summed E-state index contributed by atoms with van der Waals surface area (Å²) in [5.74, 6) is -5.05. The predicted octanol–water partition coefficient (Wildman–Crippen LogP) is -4.17. The summed E-state index contributed by atoms with van der Waals surface area (Å²) in [6.45, 7) is -1.63. The van der Waals surface area contributed by atoms with E-state index in [0.717, 1.165) is 0 Å². The minimum Gasteiger partial charge on any atom is -0.481 e. The Morgan fingerprint density at radius 1 is 0.905 bits per heavy atom. The van der Waals surface area contributed by atoms with E-state index in [1.54, 1.807) is 0 Å². The van der Waals surface area contributed by atoms with Crippen molar-refractivity contribution in [2.75, 3.05) is 13.2 Å². The van der Waals surface area contributed by atoms with Gasteiger partial charge in [-0.15, -0.1) is 0 Å². The molecule has 0 rings (SSSR count). The topological polar surface area (TPSA) is 199 Å². The summed E-state index contributed by atoms with van der Waals surface area (Å²) >= 11 is 0. The fourth-order valence-corrected chi connectivity index (χ4v) is 1.20. The zero-order valence-corrected chi connectivity index (χ0v) is 10.9. The fraction of sp³-hybridized carbons (Fsp3) is 0.600. The summed E-state index contributed by atoms with van der Waals surface area (Å²) < 4.78 is 0. The smallest absolute Gasteiger partial charge is 0.328 e. The Balaban J connectivity index is 4.88. The van der Waals surface area contributed by atoms with E-state index in [1.165, 1.54) is 0 Å². The number of nitrogens with two attached hydrogens (primary N) is 1. The van der Waals surface area contributed by atoms with Crippen LogP contribution in [0.15, 0.2) is 0 Å². The molecule has 0 aliphatic carbocycles. The van der Waals surface area contributed by atoms with Crippen molar-refractivity contribution >= 4 is 23.8 Å². The number of nitrogens with one attached hydrogen (secondary N) is 2. The van der Waals surface area contributed by atoms with Crippen LogP contribution in [0.5, 0.6) is 0 Å². The van der Waals surface area contributed by atoms with Gasteiger partial charge in [0.05, 0.1) is 19.6 Å². The van der Waals surface area contributed by atoms with Crippen LogP contribution in [0.25, 0.3) is 0 Å². The Labute approximate surface area is 118 Å². The SMILES string of the molecule is N[C@@H](CO)C(=O)N[C@@H](CC(=O)O)C(=O)N[C@@H](CO)C(=O)O. The zero-order chi connectivity index (χ0) is 16.6. The third kappa shape index (κ3) is 6.65. The van der Waals surface area contributed by atoms with E-state index < -0.39 is 61.5 Å². The normalized spacial score (nSPS) is 14.6. The van der Waals surface area contributed by atoms with Gasteiger partial charge in [-0.2, -0.15) is 0 Å². The average molecular weight is 307 g/mol. The second-order valence-electron chi connectivity index (χ2n) is 4.03. The fourth-order valence-electron chi connectivity index (χ4n) is 1.20. The number of carbonyl (C=O) groups is 4. The Morgan fingerprint density at radius 3 is 1.81 bits per heavy atom. The van der Waals surface area contributed by atoms with Crippen molar-refractivity contribution in [1.82, 2.24) is 10.6 Å². The molecule has 0 heterocycles. The average Bonchev–Trinajstić information content (AvgIpc) is 2.41. The Bertz CT molecular complexity index is 413. The van der Waals surface area contributed by atoms with Gasteiger partial charge in [-0.3, -0.25) is 14.4 Å². The van der Waals surface area contributed by atoms with Crippen molar-refractivity contribution in [1.29, 1.82) is 0 Å². The summed E-state index contributed by atoms with van der Waals surface area (Å²) in [7, 11) is 0. The van der Waals surface area contributed by atoms with Crippen LogP contribution in [0.3, 0.4) is 0 Å². The minimum absolute atomic E-state index is 0.721. The van der Waals surface area contributed by atoms with Crippen LogP contribution in [0.2, 0.25) is 0 Å². The van der Waals surface area contributed by atoms with E-state index in [2.05, 4.69) is 0 Å². The van der Waals surface area contributed by atoms with Crippen LogP contribution in [0.1, 0.15) is 6.42 Å². The lowest BCUT2D eigenvalue weighted by molar-refractivity contribution is -0.144. The maximum absolute atomic E-state index is 11.7. The van der Waals surface area contributed by atoms with Crippen LogP contribution < -0.4 is 16.4 Å². The molecule has 11 heteroatoms. The van der Waals surface area contributed by atoms with Crippen LogP contribution in [-0.2, 0) is 19.2 Å². The van der Waals surface area contributed by atoms with E-state index in [-0.39, 0.29) is 0 Å². The molecule has 0 aromatic carbocycles. The van der Waals surface area contributed by atoms with Gasteiger partial charge in [0.15, 0.2) is 0 Å². The maximum Gasteiger partial charge on any atom is 0.328 e. The molecule has 21 heavy (non-hydrogen) atoms. The van der Waals surface area contributed by atoms with Crippen molar-refractivity contribution in [2.45, 2.75) is 24.5 Å². The van der Waals surface area contributed by atoms with Crippen LogP contribution in [0, 0.1) is 0 Å². The molecule has 0 unspecified atom stereocenters. The Morgan fingerprint density at radius 2 is 1.43 bits per heavy atom. The van der Waals surface area contributed by atoms with Gasteiger partial charge >= 0.3 is 11.9 Å². The van der Waals surface area contributed by atoms with E-state index in [9.17, 15) is 19.2 Å². The van der Waals surface area contributed by atoms with Gasteiger partial charge in [0.2, 0.25) is 11.8 Å². The molecule has 0 radical (unpaired) electrons. The second-order valence-corrected chi connectivity index (χ2v) is 4.03. The summed E-state index contributed by atoms with van der Waals surface area (Å²) in [5, 5.41) is 38.6. The number of amides is 2. The Hall–Kier alpha value is -2.24. The molecule has 0 aliphatic heterocycles. The zero-order valence-electron chi connectivity index (χ0n) is 10.9. The van der Waals surface area contributed by atoms with Gasteiger partial charge in [-0.25, -0.2) is 4.79 Å². The molecular weight excluding hydrogens is 290 g/mol. The number of hydrogen-bond acceptors (Lipinski definition) is 7. The molecule has 0 saturated carbocycles. The first-order valence-electron chi connectivity index (χ1n) is 5.75. The number of aliphatic hydroxyl groups excluding tert-OH is 2. The van der Waals surface area contributed by atoms with Crippen LogP contribution in [0.4, 0.5) is 0 Å². The van der Waals surface area contributed by atoms with Crippen molar-refractivity contribution in [3.63, 3.8) is 0 Å². The van der Waals surface area contributed by atoms with E-state index >= 15 is 0 Å². The maximum atomic E-state index is 11.7. The molecule has 11 nitrogen and oxygen atoms in total. The number of rotatable bonds is 9. The molecule has 120 valence electrons. The van der Waals surface area contributed by atoms with Crippen molar-refractivity contribution in [3.8, 4) is 0 Å². The number of carboxylic acid groups (broad SMARTS) is 2. The van der Waals surface area contributed by atoms with E-state index in [1.807, 2.05) is 10.6 Å². The summed E-state index contributed by atoms with van der Waals surface area (Å²) in [6.07, 6.45) is -0.826. The minimum atomic E-state index is -1.64. The highest BCUT2D eigenvalue weighted by Crippen LogP contribution is 1.96. The lowest BCUT2D eigenvalue weighted by Crippen LogP contribution is -2.56. The highest BCUT2D eigenvalue weighted by molar-refractivity contribution is 5.93. The first kappa shape index (κ1) is 18.8. The second kappa shape index (κ2) is 8.84. The molecule has 2 amide bonds.